The Morgan fingerprint density at radius 1 is 1.44 bits per heavy atom. The van der Waals surface area contributed by atoms with E-state index >= 15 is 0 Å². The molecular formula is C13H21N5. The number of hydrogen-bond donors (Lipinski definition) is 1. The highest BCUT2D eigenvalue weighted by Crippen LogP contribution is 2.07. The highest BCUT2D eigenvalue weighted by molar-refractivity contribution is 5.12. The smallest absolute Gasteiger partial charge is 0.146 e. The van der Waals surface area contributed by atoms with Crippen molar-refractivity contribution in [3.05, 3.63) is 36.2 Å². The van der Waals surface area contributed by atoms with Crippen LogP contribution < -0.4 is 5.73 Å². The molecule has 5 nitrogen and oxygen atoms in total. The summed E-state index contributed by atoms with van der Waals surface area (Å²) in [6.45, 7) is 5.85. The first-order valence-corrected chi connectivity index (χ1v) is 6.46. The SMILES string of the molecule is CCCn1ncnc1Cn1ccc(CC(C)N)c1. The van der Waals surface area contributed by atoms with Gasteiger partial charge in [0.15, 0.2) is 0 Å². The Morgan fingerprint density at radius 3 is 3.00 bits per heavy atom. The Labute approximate surface area is 108 Å². The molecule has 0 fully saturated rings. The molecule has 0 aliphatic heterocycles. The average molecular weight is 247 g/mol. The van der Waals surface area contributed by atoms with E-state index in [2.05, 4.69) is 40.0 Å². The van der Waals surface area contributed by atoms with Crippen LogP contribution in [-0.2, 0) is 19.5 Å². The lowest BCUT2D eigenvalue weighted by Gasteiger charge is -2.05. The Hall–Kier alpha value is -1.62. The van der Waals surface area contributed by atoms with Crippen molar-refractivity contribution in [2.24, 2.45) is 5.73 Å². The van der Waals surface area contributed by atoms with Crippen LogP contribution in [0.4, 0.5) is 0 Å². The lowest BCUT2D eigenvalue weighted by atomic mass is 10.1. The van der Waals surface area contributed by atoms with Crippen LogP contribution in [0.5, 0.6) is 0 Å². The molecule has 5 heteroatoms. The first-order chi connectivity index (χ1) is 8.69. The lowest BCUT2D eigenvalue weighted by molar-refractivity contribution is 0.554. The zero-order valence-corrected chi connectivity index (χ0v) is 11.1. The second-order valence-corrected chi connectivity index (χ2v) is 4.77. The molecule has 2 rings (SSSR count). The highest BCUT2D eigenvalue weighted by Gasteiger charge is 2.05. The molecule has 2 aromatic heterocycles. The Kier molecular flexibility index (Phi) is 4.15. The van der Waals surface area contributed by atoms with E-state index in [4.69, 9.17) is 5.73 Å². The quantitative estimate of drug-likeness (QED) is 0.840. The fourth-order valence-electron chi connectivity index (χ4n) is 2.05. The van der Waals surface area contributed by atoms with Crippen LogP contribution in [0, 0.1) is 0 Å². The second kappa shape index (κ2) is 5.82. The van der Waals surface area contributed by atoms with Crippen molar-refractivity contribution in [2.45, 2.75) is 45.8 Å². The summed E-state index contributed by atoms with van der Waals surface area (Å²) in [7, 11) is 0. The van der Waals surface area contributed by atoms with E-state index in [0.717, 1.165) is 31.8 Å². The topological polar surface area (TPSA) is 61.7 Å². The van der Waals surface area contributed by atoms with Gasteiger partial charge in [-0.15, -0.1) is 0 Å². The van der Waals surface area contributed by atoms with Gasteiger partial charge in [0.1, 0.15) is 12.2 Å². The first-order valence-electron chi connectivity index (χ1n) is 6.46. The molecule has 2 N–H and O–H groups in total. The van der Waals surface area contributed by atoms with Crippen molar-refractivity contribution in [3.63, 3.8) is 0 Å². The molecule has 0 saturated heterocycles. The number of nitrogens with zero attached hydrogens (tertiary/aromatic N) is 4. The second-order valence-electron chi connectivity index (χ2n) is 4.77. The summed E-state index contributed by atoms with van der Waals surface area (Å²) in [6, 6.07) is 2.31. The fraction of sp³-hybridized carbons (Fsp3) is 0.538. The van der Waals surface area contributed by atoms with E-state index < -0.39 is 0 Å². The van der Waals surface area contributed by atoms with Gasteiger partial charge in [-0.1, -0.05) is 6.92 Å². The number of aryl methyl sites for hydroxylation is 1. The van der Waals surface area contributed by atoms with Crippen LogP contribution in [0.15, 0.2) is 24.8 Å². The summed E-state index contributed by atoms with van der Waals surface area (Å²) in [5.41, 5.74) is 7.07. The standard InChI is InChI=1S/C13H21N5/c1-3-5-18-13(15-10-16-18)9-17-6-4-12(8-17)7-11(2)14/h4,6,8,10-11H,3,5,7,9,14H2,1-2H3. The molecule has 0 aromatic carbocycles. The van der Waals surface area contributed by atoms with Crippen LogP contribution >= 0.6 is 0 Å². The molecule has 0 radical (unpaired) electrons. The maximum absolute atomic E-state index is 5.80. The summed E-state index contributed by atoms with van der Waals surface area (Å²) in [5, 5.41) is 4.23. The van der Waals surface area contributed by atoms with Crippen molar-refractivity contribution >= 4 is 0 Å². The molecule has 0 spiro atoms. The molecule has 98 valence electrons. The molecule has 0 bridgehead atoms. The van der Waals surface area contributed by atoms with Gasteiger partial charge >= 0.3 is 0 Å². The Bertz CT molecular complexity index is 483. The lowest BCUT2D eigenvalue weighted by Crippen LogP contribution is -2.17. The zero-order chi connectivity index (χ0) is 13.0. The van der Waals surface area contributed by atoms with E-state index in [1.807, 2.05) is 11.6 Å². The number of aromatic nitrogens is 4. The van der Waals surface area contributed by atoms with E-state index in [-0.39, 0.29) is 6.04 Å². The minimum Gasteiger partial charge on any atom is -0.346 e. The van der Waals surface area contributed by atoms with Crippen LogP contribution in [-0.4, -0.2) is 25.4 Å². The molecular weight excluding hydrogens is 226 g/mol. The van der Waals surface area contributed by atoms with Crippen LogP contribution in [0.3, 0.4) is 0 Å². The summed E-state index contributed by atoms with van der Waals surface area (Å²) >= 11 is 0. The van der Waals surface area contributed by atoms with E-state index in [1.165, 1.54) is 5.56 Å². The van der Waals surface area contributed by atoms with Gasteiger partial charge in [0, 0.05) is 25.0 Å². The zero-order valence-electron chi connectivity index (χ0n) is 11.1. The normalized spacial score (nSPS) is 12.8. The minimum absolute atomic E-state index is 0.199. The summed E-state index contributed by atoms with van der Waals surface area (Å²) < 4.78 is 4.10. The number of nitrogens with two attached hydrogens (primary N) is 1. The van der Waals surface area contributed by atoms with Gasteiger partial charge in [0.2, 0.25) is 0 Å². The maximum atomic E-state index is 5.80. The van der Waals surface area contributed by atoms with Gasteiger partial charge in [-0.2, -0.15) is 5.10 Å². The molecule has 0 amide bonds. The van der Waals surface area contributed by atoms with Gasteiger partial charge in [0.05, 0.1) is 6.54 Å². The van der Waals surface area contributed by atoms with Crippen molar-refractivity contribution in [3.8, 4) is 0 Å². The number of rotatable bonds is 6. The predicted octanol–water partition coefficient (Wildman–Crippen LogP) is 1.43. The van der Waals surface area contributed by atoms with Gasteiger partial charge in [0.25, 0.3) is 0 Å². The van der Waals surface area contributed by atoms with Gasteiger partial charge < -0.3 is 10.3 Å². The first kappa shape index (κ1) is 12.8. The summed E-state index contributed by atoms with van der Waals surface area (Å²) in [5.74, 6) is 1.000. The van der Waals surface area contributed by atoms with Crippen molar-refractivity contribution in [1.82, 2.24) is 19.3 Å². The van der Waals surface area contributed by atoms with E-state index in [1.54, 1.807) is 6.33 Å². The van der Waals surface area contributed by atoms with Crippen molar-refractivity contribution in [2.75, 3.05) is 0 Å². The molecule has 2 aromatic rings. The van der Waals surface area contributed by atoms with Gasteiger partial charge in [-0.05, 0) is 31.4 Å². The molecule has 18 heavy (non-hydrogen) atoms. The predicted molar refractivity (Wildman–Crippen MR) is 71.2 cm³/mol. The molecule has 2 heterocycles. The fourth-order valence-corrected chi connectivity index (χ4v) is 2.05. The minimum atomic E-state index is 0.199. The van der Waals surface area contributed by atoms with Crippen molar-refractivity contribution in [1.29, 1.82) is 0 Å². The maximum Gasteiger partial charge on any atom is 0.146 e. The Balaban J connectivity index is 2.04. The molecule has 0 aliphatic rings. The molecule has 0 saturated carbocycles. The van der Waals surface area contributed by atoms with E-state index in [0.29, 0.717) is 0 Å². The van der Waals surface area contributed by atoms with E-state index in [9.17, 15) is 0 Å². The summed E-state index contributed by atoms with van der Waals surface area (Å²) in [4.78, 5) is 4.31. The largest absolute Gasteiger partial charge is 0.346 e. The third-order valence-corrected chi connectivity index (χ3v) is 2.82. The number of hydrogen-bond acceptors (Lipinski definition) is 3. The van der Waals surface area contributed by atoms with Crippen LogP contribution in [0.25, 0.3) is 0 Å². The average Bonchev–Trinajstić information content (AvgIpc) is 2.90. The third kappa shape index (κ3) is 3.20. The monoisotopic (exact) mass is 247 g/mol. The van der Waals surface area contributed by atoms with Crippen molar-refractivity contribution < 1.29 is 0 Å². The van der Waals surface area contributed by atoms with Crippen LogP contribution in [0.1, 0.15) is 31.7 Å². The third-order valence-electron chi connectivity index (χ3n) is 2.82. The molecule has 0 aliphatic carbocycles. The van der Waals surface area contributed by atoms with Crippen LogP contribution in [0.2, 0.25) is 0 Å². The molecule has 1 atom stereocenters. The Morgan fingerprint density at radius 2 is 2.28 bits per heavy atom. The molecule has 1 unspecified atom stereocenters. The summed E-state index contributed by atoms with van der Waals surface area (Å²) in [6.07, 6.45) is 7.81. The highest BCUT2D eigenvalue weighted by atomic mass is 15.3. The van der Waals surface area contributed by atoms with Gasteiger partial charge in [-0.3, -0.25) is 0 Å². The van der Waals surface area contributed by atoms with Gasteiger partial charge in [-0.25, -0.2) is 9.67 Å².